The molecule has 1 fully saturated rings. The number of carboxylic acid groups (broad SMARTS) is 1. The van der Waals surface area contributed by atoms with Crippen LogP contribution in [-0.2, 0) is 4.79 Å². The Morgan fingerprint density at radius 3 is 2.60 bits per heavy atom. The Kier molecular flexibility index (Phi) is 3.87. The molecule has 1 aliphatic carbocycles. The number of carboxylic acids is 1. The molecule has 7 heteroatoms. The Morgan fingerprint density at radius 2 is 2.15 bits per heavy atom. The van der Waals surface area contributed by atoms with Crippen molar-refractivity contribution in [1.82, 2.24) is 4.98 Å². The summed E-state index contributed by atoms with van der Waals surface area (Å²) in [4.78, 5) is 25.5. The van der Waals surface area contributed by atoms with Gasteiger partial charge in [0.25, 0.3) is 5.69 Å². The maximum atomic E-state index is 11.6. The van der Waals surface area contributed by atoms with Gasteiger partial charge in [-0.2, -0.15) is 0 Å². The topological polar surface area (TPSA) is 105 Å². The van der Waals surface area contributed by atoms with Crippen molar-refractivity contribution in [1.29, 1.82) is 0 Å². The first-order valence-corrected chi connectivity index (χ1v) is 6.55. The Balaban J connectivity index is 2.16. The van der Waals surface area contributed by atoms with E-state index in [9.17, 15) is 20.0 Å². The van der Waals surface area contributed by atoms with Gasteiger partial charge in [0.1, 0.15) is 17.6 Å². The van der Waals surface area contributed by atoms with Crippen molar-refractivity contribution in [2.75, 3.05) is 5.32 Å². The van der Waals surface area contributed by atoms with Crippen LogP contribution in [0.3, 0.4) is 0 Å². The summed E-state index contributed by atoms with van der Waals surface area (Å²) in [6.45, 7) is 2.11. The fraction of sp³-hybridized carbons (Fsp3) is 0.538. The lowest BCUT2D eigenvalue weighted by molar-refractivity contribution is -0.385. The van der Waals surface area contributed by atoms with Gasteiger partial charge in [-0.15, -0.1) is 0 Å². The molecule has 0 atom stereocenters. The van der Waals surface area contributed by atoms with Crippen LogP contribution >= 0.6 is 0 Å². The van der Waals surface area contributed by atoms with E-state index in [-0.39, 0.29) is 5.69 Å². The molecule has 0 bridgehead atoms. The number of hydrogen-bond donors (Lipinski definition) is 2. The summed E-state index contributed by atoms with van der Waals surface area (Å²) in [5, 5.41) is 23.0. The molecule has 0 saturated heterocycles. The van der Waals surface area contributed by atoms with Gasteiger partial charge < -0.3 is 10.4 Å². The van der Waals surface area contributed by atoms with Crippen LogP contribution in [0.1, 0.15) is 32.6 Å². The summed E-state index contributed by atoms with van der Waals surface area (Å²) in [5.74, 6) is -0.0220. The van der Waals surface area contributed by atoms with Crippen LogP contribution < -0.4 is 5.32 Å². The molecule has 108 valence electrons. The van der Waals surface area contributed by atoms with Gasteiger partial charge in [-0.05, 0) is 37.7 Å². The van der Waals surface area contributed by atoms with Gasteiger partial charge in [0.15, 0.2) is 0 Å². The molecule has 1 heterocycles. The Hall–Kier alpha value is -2.18. The van der Waals surface area contributed by atoms with E-state index < -0.39 is 16.4 Å². The smallest absolute Gasteiger partial charge is 0.329 e. The molecule has 0 radical (unpaired) electrons. The standard InChI is InChI=1S/C13H17N3O4/c1-9-4-6-13(7-5-9,12(17)18)15-11-3-2-10(8-14-11)16(19)20/h2-3,8-9H,4-7H2,1H3,(H,14,15)(H,17,18). The molecule has 0 aromatic carbocycles. The predicted octanol–water partition coefficient (Wildman–Crippen LogP) is 2.44. The maximum Gasteiger partial charge on any atom is 0.329 e. The highest BCUT2D eigenvalue weighted by atomic mass is 16.6. The van der Waals surface area contributed by atoms with Gasteiger partial charge in [-0.1, -0.05) is 6.92 Å². The van der Waals surface area contributed by atoms with Crippen LogP contribution in [0, 0.1) is 16.0 Å². The Labute approximate surface area is 116 Å². The fourth-order valence-electron chi connectivity index (χ4n) is 2.46. The number of nitrogens with zero attached hydrogens (tertiary/aromatic N) is 2. The Morgan fingerprint density at radius 1 is 1.50 bits per heavy atom. The molecule has 0 unspecified atom stereocenters. The number of hydrogen-bond acceptors (Lipinski definition) is 5. The third-order valence-corrected chi connectivity index (χ3v) is 3.86. The predicted molar refractivity (Wildman–Crippen MR) is 72.5 cm³/mol. The first kappa shape index (κ1) is 14.2. The molecule has 0 amide bonds. The van der Waals surface area contributed by atoms with Crippen LogP contribution in [0.5, 0.6) is 0 Å². The van der Waals surface area contributed by atoms with Gasteiger partial charge in [-0.3, -0.25) is 10.1 Å². The van der Waals surface area contributed by atoms with Gasteiger partial charge >= 0.3 is 5.97 Å². The van der Waals surface area contributed by atoms with E-state index in [0.717, 1.165) is 19.0 Å². The number of nitro groups is 1. The van der Waals surface area contributed by atoms with Crippen molar-refractivity contribution >= 4 is 17.5 Å². The lowest BCUT2D eigenvalue weighted by atomic mass is 9.77. The number of aliphatic carboxylic acids is 1. The third kappa shape index (κ3) is 2.87. The zero-order valence-corrected chi connectivity index (χ0v) is 11.2. The summed E-state index contributed by atoms with van der Waals surface area (Å²) in [7, 11) is 0. The number of pyridine rings is 1. The van der Waals surface area contributed by atoms with Crippen molar-refractivity contribution in [3.8, 4) is 0 Å². The average molecular weight is 279 g/mol. The largest absolute Gasteiger partial charge is 0.480 e. The minimum atomic E-state index is -1.02. The molecule has 2 N–H and O–H groups in total. The number of carbonyl (C=O) groups is 1. The van der Waals surface area contributed by atoms with Crippen molar-refractivity contribution in [3.63, 3.8) is 0 Å². The van der Waals surface area contributed by atoms with Gasteiger partial charge in [-0.25, -0.2) is 9.78 Å². The number of rotatable bonds is 4. The van der Waals surface area contributed by atoms with Crippen LogP contribution in [-0.4, -0.2) is 26.5 Å². The van der Waals surface area contributed by atoms with Crippen LogP contribution in [0.15, 0.2) is 18.3 Å². The monoisotopic (exact) mass is 279 g/mol. The highest BCUT2D eigenvalue weighted by molar-refractivity contribution is 5.82. The van der Waals surface area contributed by atoms with Crippen molar-refractivity contribution < 1.29 is 14.8 Å². The lowest BCUT2D eigenvalue weighted by Gasteiger charge is -2.36. The van der Waals surface area contributed by atoms with E-state index in [0.29, 0.717) is 24.6 Å². The highest BCUT2D eigenvalue weighted by Gasteiger charge is 2.41. The first-order valence-electron chi connectivity index (χ1n) is 6.55. The summed E-state index contributed by atoms with van der Waals surface area (Å²) >= 11 is 0. The molecule has 1 aromatic heterocycles. The lowest BCUT2D eigenvalue weighted by Crippen LogP contribution is -2.49. The number of aromatic nitrogens is 1. The van der Waals surface area contributed by atoms with E-state index in [1.807, 2.05) is 0 Å². The zero-order valence-electron chi connectivity index (χ0n) is 11.2. The van der Waals surface area contributed by atoms with E-state index >= 15 is 0 Å². The molecule has 1 aromatic rings. The summed E-state index contributed by atoms with van der Waals surface area (Å²) < 4.78 is 0. The molecule has 1 aliphatic rings. The molecule has 0 aliphatic heterocycles. The molecular formula is C13H17N3O4. The third-order valence-electron chi connectivity index (χ3n) is 3.86. The highest BCUT2D eigenvalue weighted by Crippen LogP contribution is 2.34. The minimum Gasteiger partial charge on any atom is -0.480 e. The van der Waals surface area contributed by atoms with E-state index in [1.165, 1.54) is 12.1 Å². The molecule has 7 nitrogen and oxygen atoms in total. The second kappa shape index (κ2) is 5.44. The van der Waals surface area contributed by atoms with Gasteiger partial charge in [0, 0.05) is 6.07 Å². The van der Waals surface area contributed by atoms with Gasteiger partial charge in [0.2, 0.25) is 0 Å². The average Bonchev–Trinajstić information content (AvgIpc) is 2.42. The van der Waals surface area contributed by atoms with Crippen LogP contribution in [0.25, 0.3) is 0 Å². The van der Waals surface area contributed by atoms with Crippen molar-refractivity contribution in [3.05, 3.63) is 28.4 Å². The van der Waals surface area contributed by atoms with Crippen LogP contribution in [0.4, 0.5) is 11.5 Å². The minimum absolute atomic E-state index is 0.114. The maximum absolute atomic E-state index is 11.6. The molecule has 1 saturated carbocycles. The number of nitrogens with one attached hydrogen (secondary N) is 1. The second-order valence-electron chi connectivity index (χ2n) is 5.35. The molecule has 20 heavy (non-hydrogen) atoms. The molecule has 2 rings (SSSR count). The van der Waals surface area contributed by atoms with E-state index in [2.05, 4.69) is 17.2 Å². The first-order chi connectivity index (χ1) is 9.43. The summed E-state index contributed by atoms with van der Waals surface area (Å²) in [6, 6.07) is 2.76. The molecule has 0 spiro atoms. The van der Waals surface area contributed by atoms with E-state index in [1.54, 1.807) is 0 Å². The second-order valence-corrected chi connectivity index (χ2v) is 5.35. The van der Waals surface area contributed by atoms with Gasteiger partial charge in [0.05, 0.1) is 4.92 Å². The Bertz CT molecular complexity index is 507. The summed E-state index contributed by atoms with van der Waals surface area (Å²) in [5.41, 5.74) is -1.13. The zero-order chi connectivity index (χ0) is 14.8. The van der Waals surface area contributed by atoms with E-state index in [4.69, 9.17) is 0 Å². The fourth-order valence-corrected chi connectivity index (χ4v) is 2.46. The molecular weight excluding hydrogens is 262 g/mol. The summed E-state index contributed by atoms with van der Waals surface area (Å²) in [6.07, 6.45) is 3.87. The van der Waals surface area contributed by atoms with Crippen molar-refractivity contribution in [2.24, 2.45) is 5.92 Å². The van der Waals surface area contributed by atoms with Crippen molar-refractivity contribution in [2.45, 2.75) is 38.1 Å². The normalized spacial score (nSPS) is 25.9. The SMILES string of the molecule is CC1CCC(Nc2ccc([N+](=O)[O-])cn2)(C(=O)O)CC1. The number of anilines is 1. The quantitative estimate of drug-likeness (QED) is 0.647. The van der Waals surface area contributed by atoms with Crippen LogP contribution in [0.2, 0.25) is 0 Å².